The smallest absolute Gasteiger partial charge is 0.413 e. The minimum Gasteiger partial charge on any atom is -0.413 e. The third-order valence-corrected chi connectivity index (χ3v) is 10.9. The van der Waals surface area contributed by atoms with Gasteiger partial charge in [-0.2, -0.15) is 26.3 Å². The van der Waals surface area contributed by atoms with Gasteiger partial charge in [-0.25, -0.2) is 0 Å². The number of guanidine groups is 1. The van der Waals surface area contributed by atoms with Crippen LogP contribution in [0.25, 0.3) is 28.1 Å². The van der Waals surface area contributed by atoms with Gasteiger partial charge in [-0.3, -0.25) is 33.3 Å². The summed E-state index contributed by atoms with van der Waals surface area (Å²) in [6, 6.07) is 10.9. The van der Waals surface area contributed by atoms with Gasteiger partial charge in [0.15, 0.2) is 5.96 Å². The van der Waals surface area contributed by atoms with E-state index >= 15 is 0 Å². The van der Waals surface area contributed by atoms with Gasteiger partial charge in [0.05, 0.1) is 22.9 Å². The highest BCUT2D eigenvalue weighted by Gasteiger charge is 2.33. The van der Waals surface area contributed by atoms with Gasteiger partial charge in [0.25, 0.3) is 22.9 Å². The van der Waals surface area contributed by atoms with Crippen LogP contribution in [0, 0.1) is 27.7 Å². The molecule has 0 spiro atoms. The molecule has 5 aromatic rings. The molecule has 2 aromatic carbocycles. The summed E-state index contributed by atoms with van der Waals surface area (Å²) in [4.78, 5) is 64.2. The standard InChI is InChI=1S/C45H47F6N9O6/c1-23-37(27(5)65-57-23)33-21-35(41(63)59(25(33)3)31-13-7-11-29(19-31)44(46,47)48)39(61)53-15-9-17-55-43(52)56-18-10-16-54-40(62)36-22-34(38-24(2)58-66-28(38)6)26(4)60(42(36)64)32-14-8-12-30(20-32)45(49,50)51/h7-8,11-14,19-23,57H,9-10,15-18H2,1-6H3,(H,53,61)(H,54,62)(H3,52,55,56). The molecule has 1 aliphatic heterocycles. The van der Waals surface area contributed by atoms with Crippen LogP contribution in [-0.4, -0.2) is 64.3 Å². The molecule has 15 nitrogen and oxygen atoms in total. The Morgan fingerprint density at radius 2 is 1.26 bits per heavy atom. The number of nitrogens with one attached hydrogen (secondary N) is 4. The van der Waals surface area contributed by atoms with Gasteiger partial charge in [0.1, 0.15) is 22.6 Å². The van der Waals surface area contributed by atoms with Crippen molar-refractivity contribution in [2.24, 2.45) is 10.7 Å². The van der Waals surface area contributed by atoms with Gasteiger partial charge >= 0.3 is 12.4 Å². The summed E-state index contributed by atoms with van der Waals surface area (Å²) in [6.07, 6.45) is -8.75. The largest absolute Gasteiger partial charge is 0.416 e. The number of aliphatic imine (C=N–C) groups is 1. The first-order chi connectivity index (χ1) is 31.1. The number of halogens is 6. The minimum absolute atomic E-state index is 0.0503. The predicted molar refractivity (Wildman–Crippen MR) is 233 cm³/mol. The number of benzene rings is 2. The zero-order chi connectivity index (χ0) is 48.2. The highest BCUT2D eigenvalue weighted by atomic mass is 19.4. The zero-order valence-corrected chi connectivity index (χ0v) is 36.7. The maximum absolute atomic E-state index is 13.8. The fourth-order valence-electron chi connectivity index (χ4n) is 7.64. The molecule has 1 aliphatic rings. The number of pyridine rings is 2. The second-order valence-corrected chi connectivity index (χ2v) is 15.5. The van der Waals surface area contributed by atoms with Crippen molar-refractivity contribution < 1.29 is 45.3 Å². The SMILES string of the molecule is CC1=C(c2cc(C(=O)NCCCNC(N)=NCCCNC(=O)c3cc(-c4c(C)noc4C)c(C)n(-c4cccc(C(F)(F)F)c4)c3=O)c(=O)n(-c3cccc(C(F)(F)F)c3)c2C)C(C)NO1. The predicted octanol–water partition coefficient (Wildman–Crippen LogP) is 6.41. The Kier molecular flexibility index (Phi) is 14.3. The zero-order valence-electron chi connectivity index (χ0n) is 36.7. The minimum atomic E-state index is -4.68. The summed E-state index contributed by atoms with van der Waals surface area (Å²) in [5.74, 6) is -0.616. The average Bonchev–Trinajstić information content (AvgIpc) is 3.77. The molecule has 350 valence electrons. The van der Waals surface area contributed by atoms with Crippen LogP contribution in [0.2, 0.25) is 0 Å². The van der Waals surface area contributed by atoms with Gasteiger partial charge in [-0.05, 0) is 103 Å². The Morgan fingerprint density at radius 1 is 0.758 bits per heavy atom. The molecule has 1 unspecified atom stereocenters. The summed E-state index contributed by atoms with van der Waals surface area (Å²) in [5.41, 5.74) is 7.40. The molecule has 0 bridgehead atoms. The number of hydrogen-bond acceptors (Lipinski definition) is 9. The molecule has 21 heteroatoms. The quantitative estimate of drug-likeness (QED) is 0.0359. The molecule has 0 fully saturated rings. The highest BCUT2D eigenvalue weighted by Crippen LogP contribution is 2.35. The molecule has 1 atom stereocenters. The normalized spacial score (nSPS) is 14.4. The second kappa shape index (κ2) is 19.5. The molecule has 66 heavy (non-hydrogen) atoms. The number of allylic oxidation sites excluding steroid dienone is 1. The van der Waals surface area contributed by atoms with Crippen molar-refractivity contribution >= 4 is 23.3 Å². The number of carbonyl (C=O) groups is 2. The number of aryl methyl sites for hydroxylation is 2. The van der Waals surface area contributed by atoms with Crippen LogP contribution < -0.4 is 38.3 Å². The molecule has 6 rings (SSSR count). The highest BCUT2D eigenvalue weighted by molar-refractivity contribution is 5.96. The number of carbonyl (C=O) groups excluding carboxylic acids is 2. The van der Waals surface area contributed by atoms with E-state index in [1.165, 1.54) is 36.4 Å². The summed E-state index contributed by atoms with van der Waals surface area (Å²) < 4.78 is 89.4. The van der Waals surface area contributed by atoms with Crippen molar-refractivity contribution in [2.75, 3.05) is 26.2 Å². The molecular formula is C45H47F6N9O6. The number of nitrogens with two attached hydrogens (primary N) is 1. The Labute approximate surface area is 373 Å². The molecule has 0 saturated carbocycles. The third-order valence-electron chi connectivity index (χ3n) is 10.9. The number of amides is 2. The number of rotatable bonds is 14. The number of alkyl halides is 6. The van der Waals surface area contributed by atoms with Crippen LogP contribution in [0.3, 0.4) is 0 Å². The molecular weight excluding hydrogens is 877 g/mol. The van der Waals surface area contributed by atoms with Crippen LogP contribution in [0.1, 0.15) is 86.9 Å². The van der Waals surface area contributed by atoms with Crippen molar-refractivity contribution in [3.8, 4) is 22.5 Å². The average molecular weight is 924 g/mol. The molecule has 3 aromatic heterocycles. The summed E-state index contributed by atoms with van der Waals surface area (Å²) in [7, 11) is 0. The van der Waals surface area contributed by atoms with E-state index in [4.69, 9.17) is 15.1 Å². The number of hydrogen-bond donors (Lipinski definition) is 5. The maximum Gasteiger partial charge on any atom is 0.416 e. The summed E-state index contributed by atoms with van der Waals surface area (Å²) >= 11 is 0. The Morgan fingerprint density at radius 3 is 1.74 bits per heavy atom. The van der Waals surface area contributed by atoms with E-state index in [0.717, 1.165) is 33.4 Å². The van der Waals surface area contributed by atoms with Crippen LogP contribution in [0.5, 0.6) is 0 Å². The van der Waals surface area contributed by atoms with E-state index in [2.05, 4.69) is 31.6 Å². The number of hydroxylamine groups is 1. The molecule has 0 aliphatic carbocycles. The van der Waals surface area contributed by atoms with Gasteiger partial charge in [-0.15, -0.1) is 5.48 Å². The summed E-state index contributed by atoms with van der Waals surface area (Å²) in [5, 5.41) is 12.2. The lowest BCUT2D eigenvalue weighted by atomic mass is 9.96. The molecule has 4 heterocycles. The molecule has 0 saturated heterocycles. The van der Waals surface area contributed by atoms with Crippen molar-refractivity contribution in [2.45, 2.75) is 72.8 Å². The maximum atomic E-state index is 13.8. The van der Waals surface area contributed by atoms with E-state index in [0.29, 0.717) is 51.6 Å². The van der Waals surface area contributed by atoms with Crippen molar-refractivity contribution in [3.05, 3.63) is 138 Å². The van der Waals surface area contributed by atoms with Crippen LogP contribution in [0.4, 0.5) is 26.3 Å². The van der Waals surface area contributed by atoms with Crippen LogP contribution in [-0.2, 0) is 17.2 Å². The Balaban J connectivity index is 1.07. The monoisotopic (exact) mass is 923 g/mol. The van der Waals surface area contributed by atoms with Crippen molar-refractivity contribution in [1.82, 2.24) is 35.7 Å². The van der Waals surface area contributed by atoms with E-state index in [9.17, 15) is 45.5 Å². The second-order valence-electron chi connectivity index (χ2n) is 15.5. The van der Waals surface area contributed by atoms with Gasteiger partial charge in [0.2, 0.25) is 0 Å². The molecule has 6 N–H and O–H groups in total. The lowest BCUT2D eigenvalue weighted by Crippen LogP contribution is -2.37. The number of aromatic nitrogens is 3. The first-order valence-electron chi connectivity index (χ1n) is 20.7. The molecule has 0 radical (unpaired) electrons. The summed E-state index contributed by atoms with van der Waals surface area (Å²) in [6.45, 7) is 10.4. The van der Waals surface area contributed by atoms with Crippen molar-refractivity contribution in [1.29, 1.82) is 0 Å². The van der Waals surface area contributed by atoms with Crippen LogP contribution >= 0.6 is 0 Å². The lowest BCUT2D eigenvalue weighted by molar-refractivity contribution is -0.138. The fraction of sp³-hybridized carbons (Fsp3) is 0.333. The Bertz CT molecular complexity index is 2840. The van der Waals surface area contributed by atoms with E-state index in [-0.39, 0.29) is 72.8 Å². The first-order valence-corrected chi connectivity index (χ1v) is 20.7. The van der Waals surface area contributed by atoms with Gasteiger partial charge < -0.3 is 31.0 Å². The van der Waals surface area contributed by atoms with E-state index in [1.807, 2.05) is 0 Å². The third kappa shape index (κ3) is 10.4. The van der Waals surface area contributed by atoms with Gasteiger partial charge in [-0.1, -0.05) is 17.3 Å². The molecule has 2 amide bonds. The fourth-order valence-corrected chi connectivity index (χ4v) is 7.64. The van der Waals surface area contributed by atoms with E-state index in [1.54, 1.807) is 41.5 Å². The Hall–Kier alpha value is -7.16. The van der Waals surface area contributed by atoms with Crippen molar-refractivity contribution in [3.63, 3.8) is 0 Å². The van der Waals surface area contributed by atoms with E-state index < -0.39 is 46.4 Å². The van der Waals surface area contributed by atoms with Gasteiger partial charge in [0, 0.05) is 71.2 Å². The number of nitrogens with zero attached hydrogens (tertiary/aromatic N) is 4. The first kappa shape index (κ1) is 48.3. The topological polar surface area (TPSA) is 200 Å². The van der Waals surface area contributed by atoms with Crippen LogP contribution in [0.15, 0.2) is 85.5 Å². The lowest BCUT2D eigenvalue weighted by Gasteiger charge is -2.19.